The van der Waals surface area contributed by atoms with Crippen molar-refractivity contribution >= 4 is 30.6 Å². The summed E-state index contributed by atoms with van der Waals surface area (Å²) in [6.07, 6.45) is 17.8. The summed E-state index contributed by atoms with van der Waals surface area (Å²) in [6, 6.07) is 31.1. The molecule has 1 unspecified atom stereocenters. The van der Waals surface area contributed by atoms with Crippen LogP contribution < -0.4 is 0 Å². The Bertz CT molecular complexity index is 2010. The maximum atomic E-state index is 5.84. The molecule has 0 spiro atoms. The van der Waals surface area contributed by atoms with E-state index in [2.05, 4.69) is 136 Å². The molecular weight excluding hydrogens is 799 g/mol. The van der Waals surface area contributed by atoms with Crippen molar-refractivity contribution in [1.82, 2.24) is 0 Å². The summed E-state index contributed by atoms with van der Waals surface area (Å²) in [7, 11) is 0. The van der Waals surface area contributed by atoms with Crippen LogP contribution in [0.5, 0.6) is 0 Å². The summed E-state index contributed by atoms with van der Waals surface area (Å²) >= 11 is 11.0. The van der Waals surface area contributed by atoms with Gasteiger partial charge in [0.2, 0.25) is 0 Å². The van der Waals surface area contributed by atoms with E-state index in [0.717, 1.165) is 34.2 Å². The van der Waals surface area contributed by atoms with E-state index in [4.69, 9.17) is 23.2 Å². The Morgan fingerprint density at radius 3 is 1.73 bits per heavy atom. The van der Waals surface area contributed by atoms with Crippen molar-refractivity contribution in [2.75, 3.05) is 0 Å². The van der Waals surface area contributed by atoms with E-state index >= 15 is 0 Å². The predicted molar refractivity (Wildman–Crippen MR) is 239 cm³/mol. The Labute approximate surface area is 359 Å². The summed E-state index contributed by atoms with van der Waals surface area (Å²) in [5, 5.41) is 1.57. The second-order valence-electron chi connectivity index (χ2n) is 19.7. The van der Waals surface area contributed by atoms with Crippen molar-refractivity contribution < 1.29 is 22.3 Å². The first-order valence-electron chi connectivity index (χ1n) is 21.0. The van der Waals surface area contributed by atoms with Gasteiger partial charge in [-0.15, -0.1) is 11.1 Å². The van der Waals surface area contributed by atoms with E-state index in [1.807, 2.05) is 24.3 Å². The van der Waals surface area contributed by atoms with E-state index in [0.29, 0.717) is 11.3 Å². The first-order chi connectivity index (χ1) is 26.5. The molecule has 4 bridgehead atoms. The molecule has 4 fully saturated rings. The van der Waals surface area contributed by atoms with Gasteiger partial charge in [0.05, 0.1) is 0 Å². The molecule has 0 amide bonds. The van der Waals surface area contributed by atoms with E-state index in [1.54, 1.807) is 44.1 Å². The van der Waals surface area contributed by atoms with Gasteiger partial charge in [-0.1, -0.05) is 91.5 Å². The molecule has 0 aliphatic heterocycles. The fourth-order valence-corrected chi connectivity index (χ4v) is 12.7. The van der Waals surface area contributed by atoms with Gasteiger partial charge in [0.1, 0.15) is 0 Å². The van der Waals surface area contributed by atoms with Crippen molar-refractivity contribution in [2.24, 2.45) is 29.1 Å². The molecule has 0 heterocycles. The quantitative estimate of drug-likeness (QED) is 0.158. The molecule has 4 aromatic carbocycles. The molecule has 0 nitrogen and oxygen atoms in total. The molecule has 4 saturated carbocycles. The van der Waals surface area contributed by atoms with Crippen molar-refractivity contribution in [3.05, 3.63) is 152 Å². The number of hydrogen-bond donors (Lipinski definition) is 0. The van der Waals surface area contributed by atoms with Crippen molar-refractivity contribution in [3.8, 4) is 11.1 Å². The van der Waals surface area contributed by atoms with Crippen LogP contribution in [-0.2, 0) is 39.5 Å². The van der Waals surface area contributed by atoms with Gasteiger partial charge in [-0.2, -0.15) is 35.4 Å². The van der Waals surface area contributed by atoms with Gasteiger partial charge >= 0.3 is 123 Å². The monoisotopic (exact) mass is 856 g/mol. The van der Waals surface area contributed by atoms with Gasteiger partial charge in [-0.3, -0.25) is 6.08 Å². The zero-order valence-electron chi connectivity index (χ0n) is 35.0. The molecule has 4 aromatic rings. The van der Waals surface area contributed by atoms with Gasteiger partial charge in [0.25, 0.3) is 0 Å². The second-order valence-corrected chi connectivity index (χ2v) is 22.8. The molecule has 292 valence electrons. The van der Waals surface area contributed by atoms with Crippen molar-refractivity contribution in [1.29, 1.82) is 0 Å². The molecule has 56 heavy (non-hydrogen) atoms. The summed E-state index contributed by atoms with van der Waals surface area (Å²) in [6.45, 7) is 18.1. The van der Waals surface area contributed by atoms with Crippen LogP contribution in [0.2, 0.25) is 10.0 Å². The predicted octanol–water partition coefficient (Wildman–Crippen LogP) is 14.6. The average Bonchev–Trinajstić information content (AvgIpc) is 3.65. The molecule has 1 atom stereocenters. The Kier molecular flexibility index (Phi) is 12.7. The van der Waals surface area contributed by atoms with E-state index < -0.39 is 22.3 Å². The molecule has 0 aromatic heterocycles. The number of fused-ring (bicyclic) bond motifs is 3. The Hall–Kier alpha value is -2.44. The van der Waals surface area contributed by atoms with E-state index in [-0.39, 0.29) is 10.8 Å². The standard InChI is InChI=1S/C21H25.C18H25.2C7H5Cl.Zr/c1-20(2,3)16-7-9-18-14(12-16)11-15-13-17(21(4,5)6)8-10-19(15)18;1-12-3-13(2)17(4-12)11-18-8-14-5-15(9-18)7-16(6-14)10-18;2*1-6-2-4-7(8)5-3-6;/h7-10,12H,11H2,1-6H3;4,12,14-16H,5-11H2,1-2H3;2*1-5H;/q2*-1;;;. The third-order valence-electron chi connectivity index (χ3n) is 12.8. The van der Waals surface area contributed by atoms with Crippen LogP contribution >= 0.6 is 23.2 Å². The third-order valence-corrected chi connectivity index (χ3v) is 15.8. The summed E-state index contributed by atoms with van der Waals surface area (Å²) in [5.74, 6) is 3.82. The molecule has 0 radical (unpaired) electrons. The minimum absolute atomic E-state index is 0.167. The SMILES string of the molecule is CC(C)(C)c1[c-]c2c(cc1)-c1ccc(C(C)(C)C)cc1C2.CC1=[C-]C(C)C=C1CC12CC3CC(CC(C3)C1)C2.Clc1ccc([CH]=[Zr]=[CH]c2ccc(Cl)cc2)cc1. The first kappa shape index (κ1) is 41.7. The van der Waals surface area contributed by atoms with E-state index in [9.17, 15) is 0 Å². The first-order valence-corrected chi connectivity index (χ1v) is 24.6. The Balaban J connectivity index is 0.000000130. The second kappa shape index (κ2) is 17.0. The number of rotatable bonds is 4. The maximum absolute atomic E-state index is 5.84. The van der Waals surface area contributed by atoms with Gasteiger partial charge in [-0.25, -0.2) is 5.57 Å². The zero-order valence-corrected chi connectivity index (χ0v) is 38.9. The van der Waals surface area contributed by atoms with Crippen LogP contribution in [0.25, 0.3) is 11.1 Å². The molecular formula is C53H60Cl2Zr-2. The van der Waals surface area contributed by atoms with Crippen LogP contribution in [0.1, 0.15) is 134 Å². The van der Waals surface area contributed by atoms with Crippen LogP contribution in [0.4, 0.5) is 0 Å². The number of halogens is 2. The van der Waals surface area contributed by atoms with Crippen LogP contribution in [0.3, 0.4) is 0 Å². The number of benzene rings is 4. The summed E-state index contributed by atoms with van der Waals surface area (Å²) in [4.78, 5) is 0. The fraction of sp³-hybridized carbons (Fsp3) is 0.434. The van der Waals surface area contributed by atoms with Crippen LogP contribution in [0, 0.1) is 41.2 Å². The number of hydrogen-bond acceptors (Lipinski definition) is 0. The molecule has 0 saturated heterocycles. The molecule has 3 heteroatoms. The third kappa shape index (κ3) is 10.2. The zero-order chi connectivity index (χ0) is 39.8. The van der Waals surface area contributed by atoms with Gasteiger partial charge in [0, 0.05) is 0 Å². The van der Waals surface area contributed by atoms with E-state index in [1.165, 1.54) is 56.5 Å². The topological polar surface area (TPSA) is 0 Å². The molecule has 6 aliphatic rings. The molecule has 10 rings (SSSR count). The summed E-state index contributed by atoms with van der Waals surface area (Å²) in [5.41, 5.74) is 15.0. The van der Waals surface area contributed by atoms with Gasteiger partial charge in [0.15, 0.2) is 0 Å². The van der Waals surface area contributed by atoms with Crippen molar-refractivity contribution in [3.63, 3.8) is 0 Å². The van der Waals surface area contributed by atoms with Crippen LogP contribution in [-0.4, -0.2) is 7.42 Å². The average molecular weight is 859 g/mol. The normalized spacial score (nSPS) is 24.0. The van der Waals surface area contributed by atoms with Gasteiger partial charge in [-0.05, 0) is 90.1 Å². The van der Waals surface area contributed by atoms with Crippen molar-refractivity contribution in [2.45, 2.75) is 118 Å². The Morgan fingerprint density at radius 2 is 1.25 bits per heavy atom. The summed E-state index contributed by atoms with van der Waals surface area (Å²) < 4.78 is 4.66. The molecule has 6 aliphatic carbocycles. The fourth-order valence-electron chi connectivity index (χ4n) is 10.4. The van der Waals surface area contributed by atoms with Gasteiger partial charge < -0.3 is 0 Å². The number of allylic oxidation sites excluding steroid dienone is 4. The molecule has 0 N–H and O–H groups in total. The minimum atomic E-state index is -0.623. The Morgan fingerprint density at radius 1 is 0.714 bits per heavy atom. The van der Waals surface area contributed by atoms with Crippen LogP contribution in [0.15, 0.2) is 96.1 Å².